The van der Waals surface area contributed by atoms with Gasteiger partial charge in [0.25, 0.3) is 5.91 Å². The van der Waals surface area contributed by atoms with Crippen LogP contribution < -0.4 is 20.5 Å². The van der Waals surface area contributed by atoms with E-state index >= 15 is 0 Å². The average molecular weight is 359 g/mol. The third kappa shape index (κ3) is 3.34. The Bertz CT molecular complexity index is 777. The van der Waals surface area contributed by atoms with Crippen LogP contribution in [0.2, 0.25) is 0 Å². The number of nitrogens with zero attached hydrogens (tertiary/aromatic N) is 1. The highest BCUT2D eigenvalue weighted by Crippen LogP contribution is 2.35. The van der Waals surface area contributed by atoms with Gasteiger partial charge in [-0.05, 0) is 43.5 Å². The van der Waals surface area contributed by atoms with E-state index in [0.29, 0.717) is 31.4 Å². The smallest absolute Gasteiger partial charge is 0.271 e. The maximum absolute atomic E-state index is 12.5. The van der Waals surface area contributed by atoms with Crippen molar-refractivity contribution in [1.29, 1.82) is 0 Å². The van der Waals surface area contributed by atoms with E-state index in [1.165, 1.54) is 11.3 Å². The predicted octanol–water partition coefficient (Wildman–Crippen LogP) is 2.44. The number of thiazole rings is 1. The van der Waals surface area contributed by atoms with E-state index in [1.807, 2.05) is 18.2 Å². The fourth-order valence-electron chi connectivity index (χ4n) is 3.44. The highest BCUT2D eigenvalue weighted by atomic mass is 32.1. The largest absolute Gasteiger partial charge is 0.486 e. The lowest BCUT2D eigenvalue weighted by molar-refractivity contribution is 0.0924. The molecular formula is C18H21N3O3S. The van der Waals surface area contributed by atoms with Crippen LogP contribution in [0.5, 0.6) is 11.5 Å². The Morgan fingerprint density at radius 1 is 1.28 bits per heavy atom. The second kappa shape index (κ2) is 7.01. The second-order valence-corrected chi connectivity index (χ2v) is 7.26. The van der Waals surface area contributed by atoms with Crippen molar-refractivity contribution in [3.63, 3.8) is 0 Å². The zero-order valence-corrected chi connectivity index (χ0v) is 14.7. The lowest BCUT2D eigenvalue weighted by Crippen LogP contribution is -2.40. The van der Waals surface area contributed by atoms with Crippen LogP contribution in [0.3, 0.4) is 0 Å². The van der Waals surface area contributed by atoms with E-state index in [0.717, 1.165) is 41.3 Å². The molecule has 1 aromatic heterocycles. The summed E-state index contributed by atoms with van der Waals surface area (Å²) < 4.78 is 11.1. The highest BCUT2D eigenvalue weighted by molar-refractivity contribution is 7.13. The van der Waals surface area contributed by atoms with E-state index in [2.05, 4.69) is 10.3 Å². The number of amides is 1. The summed E-state index contributed by atoms with van der Waals surface area (Å²) in [6, 6.07) is 5.90. The molecule has 2 unspecified atom stereocenters. The number of aromatic nitrogens is 1. The van der Waals surface area contributed by atoms with Crippen molar-refractivity contribution < 1.29 is 14.3 Å². The number of rotatable bonds is 4. The molecule has 1 fully saturated rings. The molecule has 3 N–H and O–H groups in total. The van der Waals surface area contributed by atoms with Crippen LogP contribution in [0.4, 0.5) is 0 Å². The molecule has 132 valence electrons. The number of fused-ring (bicyclic) bond motifs is 1. The molecule has 0 spiro atoms. The minimum Gasteiger partial charge on any atom is -0.486 e. The van der Waals surface area contributed by atoms with Crippen molar-refractivity contribution in [3.05, 3.63) is 29.3 Å². The molecule has 0 bridgehead atoms. The minimum atomic E-state index is -0.120. The Hall–Kier alpha value is -2.12. The van der Waals surface area contributed by atoms with Crippen LogP contribution in [0.15, 0.2) is 23.6 Å². The summed E-state index contributed by atoms with van der Waals surface area (Å²) in [5.41, 5.74) is 7.17. The van der Waals surface area contributed by atoms with Crippen molar-refractivity contribution in [1.82, 2.24) is 10.3 Å². The first kappa shape index (κ1) is 16.4. The van der Waals surface area contributed by atoms with Gasteiger partial charge in [0.05, 0.1) is 0 Å². The number of hydrogen-bond acceptors (Lipinski definition) is 6. The Balaban J connectivity index is 1.49. The van der Waals surface area contributed by atoms with Crippen LogP contribution >= 0.6 is 11.3 Å². The van der Waals surface area contributed by atoms with Crippen molar-refractivity contribution in [3.8, 4) is 22.1 Å². The van der Waals surface area contributed by atoms with E-state index in [4.69, 9.17) is 15.2 Å². The summed E-state index contributed by atoms with van der Waals surface area (Å²) in [5.74, 6) is 1.73. The van der Waals surface area contributed by atoms with Crippen LogP contribution in [0, 0.1) is 5.92 Å². The van der Waals surface area contributed by atoms with Gasteiger partial charge in [0.15, 0.2) is 11.5 Å². The Kier molecular flexibility index (Phi) is 4.59. The molecule has 4 rings (SSSR count). The molecule has 6 nitrogen and oxygen atoms in total. The summed E-state index contributed by atoms with van der Waals surface area (Å²) in [4.78, 5) is 17.0. The van der Waals surface area contributed by atoms with Gasteiger partial charge in [0, 0.05) is 17.0 Å². The number of nitrogens with one attached hydrogen (secondary N) is 1. The number of carbonyl (C=O) groups excluding carboxylic acids is 1. The van der Waals surface area contributed by atoms with E-state index in [-0.39, 0.29) is 11.9 Å². The van der Waals surface area contributed by atoms with E-state index in [9.17, 15) is 4.79 Å². The first-order valence-corrected chi connectivity index (χ1v) is 9.49. The number of benzene rings is 1. The third-order valence-electron chi connectivity index (χ3n) is 4.80. The van der Waals surface area contributed by atoms with Crippen molar-refractivity contribution in [2.75, 3.05) is 19.8 Å². The van der Waals surface area contributed by atoms with Gasteiger partial charge >= 0.3 is 0 Å². The Labute approximate surface area is 150 Å². The fourth-order valence-corrected chi connectivity index (χ4v) is 4.24. The van der Waals surface area contributed by atoms with Gasteiger partial charge in [-0.2, -0.15) is 0 Å². The molecule has 1 amide bonds. The molecule has 1 aliphatic carbocycles. The number of ether oxygens (including phenoxy) is 2. The fraction of sp³-hybridized carbons (Fsp3) is 0.444. The molecule has 2 aromatic rings. The molecule has 0 saturated heterocycles. The van der Waals surface area contributed by atoms with Gasteiger partial charge < -0.3 is 20.5 Å². The summed E-state index contributed by atoms with van der Waals surface area (Å²) in [6.07, 6.45) is 3.19. The molecule has 1 aromatic carbocycles. The monoisotopic (exact) mass is 359 g/mol. The van der Waals surface area contributed by atoms with E-state index in [1.54, 1.807) is 5.38 Å². The van der Waals surface area contributed by atoms with Crippen LogP contribution in [-0.4, -0.2) is 36.7 Å². The van der Waals surface area contributed by atoms with Gasteiger partial charge in [0.2, 0.25) is 0 Å². The summed E-state index contributed by atoms with van der Waals surface area (Å²) >= 11 is 1.45. The van der Waals surface area contributed by atoms with Crippen molar-refractivity contribution in [2.45, 2.75) is 25.3 Å². The van der Waals surface area contributed by atoms with Gasteiger partial charge in [-0.15, -0.1) is 11.3 Å². The van der Waals surface area contributed by atoms with Crippen LogP contribution in [0.25, 0.3) is 10.6 Å². The molecular weight excluding hydrogens is 338 g/mol. The summed E-state index contributed by atoms with van der Waals surface area (Å²) in [7, 11) is 0. The minimum absolute atomic E-state index is 0.120. The normalized spacial score (nSPS) is 22.0. The maximum atomic E-state index is 12.5. The SMILES string of the molecule is NCC1CCCC1NC(=O)c1csc(-c2ccc3c(c2)OCCO3)n1. The van der Waals surface area contributed by atoms with Crippen LogP contribution in [-0.2, 0) is 0 Å². The maximum Gasteiger partial charge on any atom is 0.271 e. The molecule has 25 heavy (non-hydrogen) atoms. The van der Waals surface area contributed by atoms with Crippen molar-refractivity contribution in [2.24, 2.45) is 11.7 Å². The average Bonchev–Trinajstić information content (AvgIpc) is 3.30. The first-order chi connectivity index (χ1) is 12.2. The number of carbonyl (C=O) groups is 1. The molecule has 0 radical (unpaired) electrons. The lowest BCUT2D eigenvalue weighted by atomic mass is 10.0. The van der Waals surface area contributed by atoms with Gasteiger partial charge in [0.1, 0.15) is 23.9 Å². The molecule has 2 heterocycles. The second-order valence-electron chi connectivity index (χ2n) is 6.40. The lowest BCUT2D eigenvalue weighted by Gasteiger charge is -2.18. The molecule has 1 saturated carbocycles. The standard InChI is InChI=1S/C18H21N3O3S/c19-9-12-2-1-3-13(12)20-17(22)14-10-25-18(21-14)11-4-5-15-16(8-11)24-7-6-23-15/h4-5,8,10,12-13H,1-3,6-7,9,19H2,(H,20,22). The first-order valence-electron chi connectivity index (χ1n) is 8.61. The molecule has 7 heteroatoms. The van der Waals surface area contributed by atoms with Gasteiger partial charge in [-0.1, -0.05) is 6.42 Å². The molecule has 2 atom stereocenters. The predicted molar refractivity (Wildman–Crippen MR) is 96.2 cm³/mol. The number of hydrogen-bond donors (Lipinski definition) is 2. The Morgan fingerprint density at radius 2 is 2.12 bits per heavy atom. The van der Waals surface area contributed by atoms with Crippen molar-refractivity contribution >= 4 is 17.2 Å². The quantitative estimate of drug-likeness (QED) is 0.876. The summed E-state index contributed by atoms with van der Waals surface area (Å²) in [5, 5.41) is 5.69. The molecule has 2 aliphatic rings. The third-order valence-corrected chi connectivity index (χ3v) is 5.70. The van der Waals surface area contributed by atoms with Gasteiger partial charge in [-0.3, -0.25) is 4.79 Å². The van der Waals surface area contributed by atoms with Gasteiger partial charge in [-0.25, -0.2) is 4.98 Å². The van der Waals surface area contributed by atoms with Crippen LogP contribution in [0.1, 0.15) is 29.8 Å². The zero-order chi connectivity index (χ0) is 17.2. The Morgan fingerprint density at radius 3 is 2.96 bits per heavy atom. The highest BCUT2D eigenvalue weighted by Gasteiger charge is 2.28. The van der Waals surface area contributed by atoms with E-state index < -0.39 is 0 Å². The topological polar surface area (TPSA) is 86.5 Å². The summed E-state index contributed by atoms with van der Waals surface area (Å²) in [6.45, 7) is 1.73. The molecule has 1 aliphatic heterocycles. The zero-order valence-electron chi connectivity index (χ0n) is 13.9. The number of nitrogens with two attached hydrogens (primary N) is 1.